The summed E-state index contributed by atoms with van der Waals surface area (Å²) >= 11 is 4.16. The summed E-state index contributed by atoms with van der Waals surface area (Å²) in [5.74, 6) is -1.40. The molecule has 0 bridgehead atoms. The molecule has 16 heavy (non-hydrogen) atoms. The van der Waals surface area contributed by atoms with Crippen LogP contribution < -0.4 is 0 Å². The summed E-state index contributed by atoms with van der Waals surface area (Å²) in [5, 5.41) is 0. The van der Waals surface area contributed by atoms with Gasteiger partial charge in [0.2, 0.25) is 0 Å². The normalized spacial score (nSPS) is 9.88. The van der Waals surface area contributed by atoms with Crippen LogP contribution in [0.1, 0.15) is 27.7 Å². The Bertz CT molecular complexity index is 274. The Hall–Kier alpha value is -0.970. The molecule has 0 aromatic heterocycles. The van der Waals surface area contributed by atoms with Gasteiger partial charge in [0.15, 0.2) is 5.57 Å². The van der Waals surface area contributed by atoms with E-state index >= 15 is 0 Å². The lowest BCUT2D eigenvalue weighted by molar-refractivity contribution is -0.146. The van der Waals surface area contributed by atoms with E-state index in [0.717, 1.165) is 0 Å². The van der Waals surface area contributed by atoms with Gasteiger partial charge in [-0.2, -0.15) is 0 Å². The Morgan fingerprint density at radius 3 is 1.69 bits per heavy atom. The van der Waals surface area contributed by atoms with Gasteiger partial charge >= 0.3 is 11.9 Å². The summed E-state index contributed by atoms with van der Waals surface area (Å²) in [7, 11) is 0. The minimum Gasteiger partial charge on any atom is -0.462 e. The van der Waals surface area contributed by atoms with Crippen molar-refractivity contribution in [2.24, 2.45) is 5.92 Å². The second-order valence-corrected chi connectivity index (χ2v) is 3.84. The van der Waals surface area contributed by atoms with Gasteiger partial charge in [0.25, 0.3) is 0 Å². The molecular weight excluding hydrogens is 228 g/mol. The zero-order chi connectivity index (χ0) is 12.7. The van der Waals surface area contributed by atoms with E-state index in [1.165, 1.54) is 0 Å². The predicted octanol–water partition coefficient (Wildman–Crippen LogP) is 1.95. The van der Waals surface area contributed by atoms with E-state index in [9.17, 15) is 9.59 Å². The quantitative estimate of drug-likeness (QED) is 0.265. The molecule has 0 saturated carbocycles. The molecular formula is C11H18O4S. The second kappa shape index (κ2) is 7.33. The minimum atomic E-state index is -0.681. The van der Waals surface area contributed by atoms with Crippen LogP contribution in [0.25, 0.3) is 0 Å². The Morgan fingerprint density at radius 1 is 1.06 bits per heavy atom. The molecule has 0 radical (unpaired) electrons. The monoisotopic (exact) mass is 246 g/mol. The fourth-order valence-electron chi connectivity index (χ4n) is 0.988. The van der Waals surface area contributed by atoms with Crippen LogP contribution >= 0.6 is 12.6 Å². The zero-order valence-electron chi connectivity index (χ0n) is 10.1. The third-order valence-corrected chi connectivity index (χ3v) is 2.50. The lowest BCUT2D eigenvalue weighted by Gasteiger charge is -2.11. The lowest BCUT2D eigenvalue weighted by atomic mass is 10.1. The molecule has 92 valence electrons. The van der Waals surface area contributed by atoms with Crippen molar-refractivity contribution in [1.29, 1.82) is 0 Å². The highest BCUT2D eigenvalue weighted by Gasteiger charge is 2.25. The van der Waals surface area contributed by atoms with Gasteiger partial charge < -0.3 is 9.47 Å². The van der Waals surface area contributed by atoms with Gasteiger partial charge in [0, 0.05) is 4.91 Å². The van der Waals surface area contributed by atoms with Crippen molar-refractivity contribution >= 4 is 24.6 Å². The molecule has 0 rings (SSSR count). The molecule has 0 aliphatic rings. The van der Waals surface area contributed by atoms with E-state index in [1.807, 2.05) is 13.8 Å². The molecule has 0 fully saturated rings. The van der Waals surface area contributed by atoms with Gasteiger partial charge in [-0.3, -0.25) is 0 Å². The van der Waals surface area contributed by atoms with Crippen LogP contribution in [0.4, 0.5) is 0 Å². The Labute approximate surface area is 101 Å². The number of thiol groups is 1. The first kappa shape index (κ1) is 15.0. The molecule has 0 aromatic rings. The first-order chi connectivity index (χ1) is 7.45. The number of hydrogen-bond acceptors (Lipinski definition) is 5. The highest BCUT2D eigenvalue weighted by Crippen LogP contribution is 2.21. The Kier molecular flexibility index (Phi) is 6.88. The molecule has 0 atom stereocenters. The standard InChI is InChI=1S/C11H18O4S/c1-5-14-10(12)8(9(16)7(3)4)11(13)15-6-2/h7,16H,5-6H2,1-4H3. The first-order valence-corrected chi connectivity index (χ1v) is 5.67. The average Bonchev–Trinajstić information content (AvgIpc) is 2.18. The SMILES string of the molecule is CCOC(=O)C(C(=O)OCC)=C(S)C(C)C. The van der Waals surface area contributed by atoms with Gasteiger partial charge in [-0.15, -0.1) is 12.6 Å². The largest absolute Gasteiger partial charge is 0.462 e. The number of carbonyl (C=O) groups excluding carboxylic acids is 2. The maximum Gasteiger partial charge on any atom is 0.346 e. The number of rotatable bonds is 5. The summed E-state index contributed by atoms with van der Waals surface area (Å²) in [5.41, 5.74) is -0.109. The van der Waals surface area contributed by atoms with E-state index in [1.54, 1.807) is 13.8 Å². The number of carbonyl (C=O) groups is 2. The van der Waals surface area contributed by atoms with Crippen LogP contribution in [0.3, 0.4) is 0 Å². The highest BCUT2D eigenvalue weighted by atomic mass is 32.1. The molecule has 0 amide bonds. The van der Waals surface area contributed by atoms with Crippen LogP contribution in [0.15, 0.2) is 10.5 Å². The summed E-state index contributed by atoms with van der Waals surface area (Å²) in [6.07, 6.45) is 0. The molecule has 5 heteroatoms. The molecule has 0 spiro atoms. The van der Waals surface area contributed by atoms with Crippen molar-refractivity contribution in [2.75, 3.05) is 13.2 Å². The smallest absolute Gasteiger partial charge is 0.346 e. The number of allylic oxidation sites excluding steroid dienone is 1. The van der Waals surface area contributed by atoms with Crippen LogP contribution in [0.5, 0.6) is 0 Å². The summed E-state index contributed by atoms with van der Waals surface area (Å²) in [6, 6.07) is 0. The molecule has 4 nitrogen and oxygen atoms in total. The molecule has 0 aliphatic carbocycles. The fourth-order valence-corrected chi connectivity index (χ4v) is 1.17. The Morgan fingerprint density at radius 2 is 1.44 bits per heavy atom. The topological polar surface area (TPSA) is 52.6 Å². The van der Waals surface area contributed by atoms with E-state index in [2.05, 4.69) is 12.6 Å². The van der Waals surface area contributed by atoms with E-state index in [0.29, 0.717) is 4.91 Å². The molecule has 0 aromatic carbocycles. The average molecular weight is 246 g/mol. The predicted molar refractivity (Wildman–Crippen MR) is 64.1 cm³/mol. The number of ether oxygens (including phenoxy) is 2. The van der Waals surface area contributed by atoms with Gasteiger partial charge in [0.1, 0.15) is 0 Å². The van der Waals surface area contributed by atoms with Gasteiger partial charge in [0.05, 0.1) is 13.2 Å². The van der Waals surface area contributed by atoms with Crippen LogP contribution in [-0.2, 0) is 19.1 Å². The summed E-state index contributed by atoms with van der Waals surface area (Å²) in [4.78, 5) is 23.5. The lowest BCUT2D eigenvalue weighted by Crippen LogP contribution is -2.20. The number of hydrogen-bond donors (Lipinski definition) is 1. The number of esters is 2. The molecule has 0 aliphatic heterocycles. The van der Waals surface area contributed by atoms with Crippen molar-refractivity contribution in [3.63, 3.8) is 0 Å². The van der Waals surface area contributed by atoms with Gasteiger partial charge in [-0.05, 0) is 19.8 Å². The minimum absolute atomic E-state index is 0.0351. The van der Waals surface area contributed by atoms with Crippen molar-refractivity contribution in [1.82, 2.24) is 0 Å². The fraction of sp³-hybridized carbons (Fsp3) is 0.636. The third kappa shape index (κ3) is 4.26. The van der Waals surface area contributed by atoms with E-state index in [4.69, 9.17) is 9.47 Å². The third-order valence-electron chi connectivity index (χ3n) is 1.76. The highest BCUT2D eigenvalue weighted by molar-refractivity contribution is 7.84. The van der Waals surface area contributed by atoms with Crippen molar-refractivity contribution < 1.29 is 19.1 Å². The second-order valence-electron chi connectivity index (χ2n) is 3.36. The summed E-state index contributed by atoms with van der Waals surface area (Å²) in [6.45, 7) is 7.44. The Balaban J connectivity index is 5.13. The van der Waals surface area contributed by atoms with Crippen molar-refractivity contribution in [3.05, 3.63) is 10.5 Å². The molecule has 0 saturated heterocycles. The van der Waals surface area contributed by atoms with Crippen LogP contribution in [-0.4, -0.2) is 25.2 Å². The van der Waals surface area contributed by atoms with Gasteiger partial charge in [-0.25, -0.2) is 9.59 Å². The maximum absolute atomic E-state index is 11.6. The maximum atomic E-state index is 11.6. The van der Waals surface area contributed by atoms with Gasteiger partial charge in [-0.1, -0.05) is 13.8 Å². The van der Waals surface area contributed by atoms with E-state index < -0.39 is 11.9 Å². The molecule has 0 N–H and O–H groups in total. The van der Waals surface area contributed by atoms with Crippen LogP contribution in [0.2, 0.25) is 0 Å². The van der Waals surface area contributed by atoms with E-state index in [-0.39, 0.29) is 24.7 Å². The van der Waals surface area contributed by atoms with Crippen molar-refractivity contribution in [3.8, 4) is 0 Å². The first-order valence-electron chi connectivity index (χ1n) is 5.23. The van der Waals surface area contributed by atoms with Crippen molar-refractivity contribution in [2.45, 2.75) is 27.7 Å². The summed E-state index contributed by atoms with van der Waals surface area (Å²) < 4.78 is 9.59. The zero-order valence-corrected chi connectivity index (χ0v) is 11.0. The molecule has 0 heterocycles. The van der Waals surface area contributed by atoms with Crippen LogP contribution in [0, 0.1) is 5.92 Å². The molecule has 0 unspecified atom stereocenters.